The molecule has 1 saturated heterocycles. The number of fused-ring (bicyclic) bond motifs is 1. The van der Waals surface area contributed by atoms with Gasteiger partial charge in [-0.2, -0.15) is 0 Å². The zero-order valence-corrected chi connectivity index (χ0v) is 20.6. The lowest BCUT2D eigenvalue weighted by molar-refractivity contribution is 0.0600. The predicted octanol–water partition coefficient (Wildman–Crippen LogP) is 4.17. The van der Waals surface area contributed by atoms with Crippen LogP contribution in [0.2, 0.25) is 0 Å². The Morgan fingerprint density at radius 2 is 1.84 bits per heavy atom. The molecule has 0 saturated carbocycles. The largest absolute Gasteiger partial charge is 0.465 e. The third-order valence-corrected chi connectivity index (χ3v) is 9.37. The average molecular weight is 495 g/mol. The van der Waals surface area contributed by atoms with Gasteiger partial charge in [0.25, 0.3) is 15.9 Å². The lowest BCUT2D eigenvalue weighted by atomic mass is 9.95. The molecule has 0 bridgehead atoms. The van der Waals surface area contributed by atoms with Crippen LogP contribution in [0.5, 0.6) is 0 Å². The van der Waals surface area contributed by atoms with Crippen molar-refractivity contribution in [3.8, 4) is 0 Å². The summed E-state index contributed by atoms with van der Waals surface area (Å²) < 4.78 is 34.1. The minimum Gasteiger partial charge on any atom is -0.465 e. The molecule has 0 spiro atoms. The van der Waals surface area contributed by atoms with E-state index in [1.165, 1.54) is 42.3 Å². The Morgan fingerprint density at radius 1 is 1.12 bits per heavy atom. The Kier molecular flexibility index (Phi) is 6.83. The van der Waals surface area contributed by atoms with Crippen molar-refractivity contribution in [3.05, 3.63) is 39.8 Å². The molecular weight excluding hydrogens is 468 g/mol. The normalized spacial score (nSPS) is 16.0. The number of likely N-dealkylation sites (tertiary alicyclic amines) is 1. The lowest BCUT2D eigenvalue weighted by Crippen LogP contribution is -2.28. The predicted molar refractivity (Wildman–Crippen MR) is 126 cm³/mol. The van der Waals surface area contributed by atoms with Crippen LogP contribution in [0.15, 0.2) is 28.0 Å². The Morgan fingerprint density at radius 3 is 2.53 bits per heavy atom. The molecule has 1 N–H and O–H groups in total. The SMILES string of the molecule is COC(=O)c1c(NS(=O)(=O)c2ccc(SC)c(C(=O)N3CCCC3)c2)sc2c1CCCC2. The quantitative estimate of drug-likeness (QED) is 0.479. The number of ether oxygens (including phenoxy) is 1. The second kappa shape index (κ2) is 9.44. The van der Waals surface area contributed by atoms with Crippen molar-refractivity contribution in [3.63, 3.8) is 0 Å². The average Bonchev–Trinajstić information content (AvgIpc) is 3.45. The third-order valence-electron chi connectivity index (χ3n) is 5.89. The van der Waals surface area contributed by atoms with Crippen LogP contribution in [0, 0.1) is 0 Å². The second-order valence-electron chi connectivity index (χ2n) is 7.87. The number of sulfonamides is 1. The molecule has 1 aromatic heterocycles. The van der Waals surface area contributed by atoms with Gasteiger partial charge in [0.1, 0.15) is 5.00 Å². The maximum Gasteiger partial charge on any atom is 0.341 e. The van der Waals surface area contributed by atoms with Crippen LogP contribution in [0.4, 0.5) is 5.00 Å². The molecule has 1 fully saturated rings. The Hall–Kier alpha value is -2.04. The van der Waals surface area contributed by atoms with Crippen molar-refractivity contribution in [2.45, 2.75) is 48.3 Å². The Balaban J connectivity index is 1.70. The molecule has 1 aromatic carbocycles. The fourth-order valence-electron chi connectivity index (χ4n) is 4.25. The first-order valence-electron chi connectivity index (χ1n) is 10.6. The topological polar surface area (TPSA) is 92.8 Å². The number of esters is 1. The number of hydrogen-bond acceptors (Lipinski definition) is 7. The molecule has 172 valence electrons. The van der Waals surface area contributed by atoms with Crippen molar-refractivity contribution >= 4 is 50.0 Å². The number of amides is 1. The highest BCUT2D eigenvalue weighted by Gasteiger charge is 2.30. The molecule has 0 unspecified atom stereocenters. The number of aryl methyl sites for hydroxylation is 1. The van der Waals surface area contributed by atoms with Crippen molar-refractivity contribution in [1.29, 1.82) is 0 Å². The molecule has 2 heterocycles. The van der Waals surface area contributed by atoms with Crippen molar-refractivity contribution in [2.24, 2.45) is 0 Å². The number of thioether (sulfide) groups is 1. The third kappa shape index (κ3) is 4.40. The molecular formula is C22H26N2O5S3. The van der Waals surface area contributed by atoms with E-state index in [2.05, 4.69) is 4.72 Å². The number of benzene rings is 1. The van der Waals surface area contributed by atoms with Crippen molar-refractivity contribution < 1.29 is 22.7 Å². The van der Waals surface area contributed by atoms with Crippen molar-refractivity contribution in [2.75, 3.05) is 31.2 Å². The summed E-state index contributed by atoms with van der Waals surface area (Å²) >= 11 is 2.71. The zero-order valence-electron chi connectivity index (χ0n) is 18.1. The fourth-order valence-corrected chi connectivity index (χ4v) is 7.43. The van der Waals surface area contributed by atoms with Gasteiger partial charge >= 0.3 is 5.97 Å². The van der Waals surface area contributed by atoms with Crippen molar-refractivity contribution in [1.82, 2.24) is 4.90 Å². The summed E-state index contributed by atoms with van der Waals surface area (Å²) in [6, 6.07) is 4.61. The van der Waals surface area contributed by atoms with E-state index in [1.54, 1.807) is 11.0 Å². The number of rotatable bonds is 6. The van der Waals surface area contributed by atoms with E-state index in [9.17, 15) is 18.0 Å². The highest BCUT2D eigenvalue weighted by molar-refractivity contribution is 7.98. The summed E-state index contributed by atoms with van der Waals surface area (Å²) in [7, 11) is -2.71. The molecule has 1 aliphatic heterocycles. The van der Waals surface area contributed by atoms with Gasteiger partial charge in [-0.05, 0) is 68.5 Å². The fraction of sp³-hybridized carbons (Fsp3) is 0.455. The standard InChI is InChI=1S/C22H26N2O5S3/c1-29-22(26)19-15-7-3-4-8-18(15)31-20(19)23-32(27,28)14-9-10-17(30-2)16(13-14)21(25)24-11-5-6-12-24/h9-10,13,23H,3-8,11-12H2,1-2H3. The van der Waals surface area contributed by atoms with E-state index in [-0.39, 0.29) is 15.8 Å². The van der Waals surface area contributed by atoms with Gasteiger partial charge < -0.3 is 9.64 Å². The first-order chi connectivity index (χ1) is 15.4. The van der Waals surface area contributed by atoms with E-state index in [0.717, 1.165) is 53.9 Å². The van der Waals surface area contributed by atoms with E-state index < -0.39 is 16.0 Å². The van der Waals surface area contributed by atoms with Crippen LogP contribution in [0.1, 0.15) is 56.8 Å². The number of anilines is 1. The summed E-state index contributed by atoms with van der Waals surface area (Å²) in [4.78, 5) is 29.0. The Bertz CT molecular complexity index is 1150. The zero-order chi connectivity index (χ0) is 22.9. The number of nitrogens with zero attached hydrogens (tertiary/aromatic N) is 1. The molecule has 0 atom stereocenters. The number of thiophene rings is 1. The molecule has 32 heavy (non-hydrogen) atoms. The first-order valence-corrected chi connectivity index (χ1v) is 14.1. The monoisotopic (exact) mass is 494 g/mol. The summed E-state index contributed by atoms with van der Waals surface area (Å²) in [6.45, 7) is 1.37. The van der Waals surface area contributed by atoms with Gasteiger partial charge in [-0.25, -0.2) is 13.2 Å². The van der Waals surface area contributed by atoms with E-state index in [4.69, 9.17) is 4.74 Å². The molecule has 10 heteroatoms. The van der Waals surface area contributed by atoms with Crippen LogP contribution in [-0.4, -0.2) is 51.6 Å². The van der Waals surface area contributed by atoms with Gasteiger partial charge in [-0.1, -0.05) is 0 Å². The highest BCUT2D eigenvalue weighted by atomic mass is 32.2. The first kappa shape index (κ1) is 23.1. The number of carbonyl (C=O) groups excluding carboxylic acids is 2. The van der Waals surface area contributed by atoms with Crippen LogP contribution in [0.25, 0.3) is 0 Å². The van der Waals surface area contributed by atoms with Gasteiger partial charge in [0.05, 0.1) is 23.1 Å². The van der Waals surface area contributed by atoms with E-state index >= 15 is 0 Å². The van der Waals surface area contributed by atoms with Gasteiger partial charge in [-0.3, -0.25) is 9.52 Å². The number of nitrogens with one attached hydrogen (secondary N) is 1. The Labute approximate surface area is 196 Å². The molecule has 1 aliphatic carbocycles. The van der Waals surface area contributed by atoms with Gasteiger partial charge in [-0.15, -0.1) is 23.1 Å². The van der Waals surface area contributed by atoms with Gasteiger partial charge in [0.2, 0.25) is 0 Å². The highest BCUT2D eigenvalue weighted by Crippen LogP contribution is 2.39. The molecule has 0 radical (unpaired) electrons. The maximum atomic E-state index is 13.3. The van der Waals surface area contributed by atoms with Crippen LogP contribution >= 0.6 is 23.1 Å². The van der Waals surface area contributed by atoms with E-state index in [1.807, 2.05) is 6.26 Å². The molecule has 7 nitrogen and oxygen atoms in total. The number of carbonyl (C=O) groups is 2. The smallest absolute Gasteiger partial charge is 0.341 e. The van der Waals surface area contributed by atoms with E-state index in [0.29, 0.717) is 24.2 Å². The number of hydrogen-bond donors (Lipinski definition) is 1. The molecule has 1 amide bonds. The summed E-state index contributed by atoms with van der Waals surface area (Å²) in [5.74, 6) is -0.685. The van der Waals surface area contributed by atoms with Crippen LogP contribution in [-0.2, 0) is 27.6 Å². The molecule has 2 aliphatic rings. The number of methoxy groups -OCH3 is 1. The summed E-state index contributed by atoms with van der Waals surface area (Å²) in [5, 5.41) is 0.283. The summed E-state index contributed by atoms with van der Waals surface area (Å²) in [5.41, 5.74) is 1.58. The molecule has 4 rings (SSSR count). The van der Waals surface area contributed by atoms with Gasteiger partial charge in [0.15, 0.2) is 0 Å². The minimum atomic E-state index is -4.01. The minimum absolute atomic E-state index is 0.0000321. The van der Waals surface area contributed by atoms with Crippen LogP contribution < -0.4 is 4.72 Å². The van der Waals surface area contributed by atoms with Gasteiger partial charge in [0, 0.05) is 22.9 Å². The summed E-state index contributed by atoms with van der Waals surface area (Å²) in [6.07, 6.45) is 7.30. The second-order valence-corrected chi connectivity index (χ2v) is 11.5. The maximum absolute atomic E-state index is 13.3. The lowest BCUT2D eigenvalue weighted by Gasteiger charge is -2.18. The van der Waals surface area contributed by atoms with Crippen LogP contribution in [0.3, 0.4) is 0 Å². The molecule has 2 aromatic rings.